The second-order valence-corrected chi connectivity index (χ2v) is 6.81. The summed E-state index contributed by atoms with van der Waals surface area (Å²) in [7, 11) is 3.27. The summed E-state index contributed by atoms with van der Waals surface area (Å²) in [5.74, 6) is 0.984. The highest BCUT2D eigenvalue weighted by Crippen LogP contribution is 2.25. The Hall–Kier alpha value is -4.20. The molecule has 3 rings (SSSR count). The number of likely N-dealkylation sites (N-methyl/N-ethyl adjacent to an activating group) is 1. The van der Waals surface area contributed by atoms with Crippen LogP contribution < -0.4 is 4.74 Å². The zero-order chi connectivity index (χ0) is 22.4. The van der Waals surface area contributed by atoms with Crippen LogP contribution in [0.4, 0.5) is 5.69 Å². The van der Waals surface area contributed by atoms with Gasteiger partial charge in [-0.15, -0.1) is 0 Å². The summed E-state index contributed by atoms with van der Waals surface area (Å²) in [6.07, 6.45) is 2.92. The lowest BCUT2D eigenvalue weighted by Crippen LogP contribution is -2.27. The molecule has 0 N–H and O–H groups in total. The quantitative estimate of drug-likeness (QED) is 0.234. The van der Waals surface area contributed by atoms with Crippen molar-refractivity contribution in [2.75, 3.05) is 20.7 Å². The number of ether oxygens (including phenoxy) is 1. The van der Waals surface area contributed by atoms with Gasteiger partial charge in [0.15, 0.2) is 12.4 Å². The predicted molar refractivity (Wildman–Crippen MR) is 115 cm³/mol. The van der Waals surface area contributed by atoms with Crippen LogP contribution in [0.15, 0.2) is 71.2 Å². The van der Waals surface area contributed by atoms with E-state index >= 15 is 0 Å². The molecule has 0 spiro atoms. The van der Waals surface area contributed by atoms with Crippen LogP contribution in [0.5, 0.6) is 5.75 Å². The van der Waals surface area contributed by atoms with E-state index in [2.05, 4.69) is 0 Å². The van der Waals surface area contributed by atoms with E-state index in [0.29, 0.717) is 28.4 Å². The molecule has 8 nitrogen and oxygen atoms in total. The van der Waals surface area contributed by atoms with Crippen molar-refractivity contribution >= 4 is 23.5 Å². The zero-order valence-corrected chi connectivity index (χ0v) is 17.0. The van der Waals surface area contributed by atoms with Crippen molar-refractivity contribution in [1.82, 2.24) is 4.90 Å². The third-order valence-electron chi connectivity index (χ3n) is 4.37. The number of nitrogens with zero attached hydrogens (tertiary/aromatic N) is 2. The van der Waals surface area contributed by atoms with Gasteiger partial charge >= 0.3 is 0 Å². The number of hydrogen-bond acceptors (Lipinski definition) is 6. The predicted octanol–water partition coefficient (Wildman–Crippen LogP) is 4.22. The summed E-state index contributed by atoms with van der Waals surface area (Å²) in [5, 5.41) is 10.7. The topological polar surface area (TPSA) is 103 Å². The lowest BCUT2D eigenvalue weighted by molar-refractivity contribution is -0.384. The highest BCUT2D eigenvalue weighted by molar-refractivity contribution is 6.06. The Morgan fingerprint density at radius 1 is 1.10 bits per heavy atom. The SMILES string of the molecule is CN(C)C(=O)COc1cccc(C(=O)/C=C/c2ccc(-c3ccc([N+](=O)[O-])cc3)o2)c1. The van der Waals surface area contributed by atoms with E-state index < -0.39 is 4.92 Å². The maximum absolute atomic E-state index is 12.5. The van der Waals surface area contributed by atoms with Crippen LogP contribution in [0.2, 0.25) is 0 Å². The van der Waals surface area contributed by atoms with Gasteiger partial charge < -0.3 is 14.1 Å². The summed E-state index contributed by atoms with van der Waals surface area (Å²) in [4.78, 5) is 35.8. The number of nitro benzene ring substituents is 1. The highest BCUT2D eigenvalue weighted by atomic mass is 16.6. The van der Waals surface area contributed by atoms with Gasteiger partial charge in [0.1, 0.15) is 17.3 Å². The fourth-order valence-electron chi connectivity index (χ4n) is 2.61. The molecule has 1 amide bonds. The van der Waals surface area contributed by atoms with Crippen LogP contribution in [0.25, 0.3) is 17.4 Å². The van der Waals surface area contributed by atoms with Crippen LogP contribution in [-0.4, -0.2) is 42.2 Å². The molecule has 0 saturated carbocycles. The molecule has 158 valence electrons. The number of furan rings is 1. The van der Waals surface area contributed by atoms with Gasteiger partial charge in [-0.2, -0.15) is 0 Å². The Morgan fingerprint density at radius 2 is 1.84 bits per heavy atom. The lowest BCUT2D eigenvalue weighted by Gasteiger charge is -2.11. The van der Waals surface area contributed by atoms with Crippen molar-refractivity contribution in [2.45, 2.75) is 0 Å². The maximum Gasteiger partial charge on any atom is 0.269 e. The summed E-state index contributed by atoms with van der Waals surface area (Å²) in [6.45, 7) is -0.113. The molecule has 0 aliphatic rings. The summed E-state index contributed by atoms with van der Waals surface area (Å²) >= 11 is 0. The standard InChI is InChI=1S/C23H20N2O6/c1-24(2)23(27)15-30-20-5-3-4-17(14-20)21(26)12-10-19-11-13-22(31-19)16-6-8-18(9-7-16)25(28)29/h3-14H,15H2,1-2H3/b12-10+. The van der Waals surface area contributed by atoms with Gasteiger partial charge in [-0.05, 0) is 48.6 Å². The Bertz CT molecular complexity index is 1130. The number of carbonyl (C=O) groups excluding carboxylic acids is 2. The molecule has 0 radical (unpaired) electrons. The first-order valence-corrected chi connectivity index (χ1v) is 9.33. The van der Waals surface area contributed by atoms with Crippen molar-refractivity contribution in [3.05, 3.63) is 88.2 Å². The summed E-state index contributed by atoms with van der Waals surface area (Å²) in [5.41, 5.74) is 1.10. The van der Waals surface area contributed by atoms with E-state index in [1.165, 1.54) is 23.1 Å². The van der Waals surface area contributed by atoms with Crippen LogP contribution in [0, 0.1) is 10.1 Å². The van der Waals surface area contributed by atoms with Crippen molar-refractivity contribution in [3.63, 3.8) is 0 Å². The van der Waals surface area contributed by atoms with Gasteiger partial charge in [-0.1, -0.05) is 12.1 Å². The summed E-state index contributed by atoms with van der Waals surface area (Å²) in [6, 6.07) is 16.0. The van der Waals surface area contributed by atoms with Gasteiger partial charge in [0, 0.05) is 37.4 Å². The first-order valence-electron chi connectivity index (χ1n) is 9.33. The highest BCUT2D eigenvalue weighted by Gasteiger charge is 2.09. The smallest absolute Gasteiger partial charge is 0.269 e. The Kier molecular flexibility index (Phi) is 6.61. The number of nitro groups is 1. The number of non-ortho nitro benzene ring substituents is 1. The number of hydrogen-bond donors (Lipinski definition) is 0. The largest absolute Gasteiger partial charge is 0.484 e. The molecular formula is C23H20N2O6. The van der Waals surface area contributed by atoms with E-state index in [4.69, 9.17) is 9.15 Å². The van der Waals surface area contributed by atoms with E-state index in [1.54, 1.807) is 68.7 Å². The first kappa shape index (κ1) is 21.5. The minimum atomic E-state index is -0.466. The molecule has 3 aromatic rings. The van der Waals surface area contributed by atoms with E-state index in [9.17, 15) is 19.7 Å². The number of carbonyl (C=O) groups is 2. The number of benzene rings is 2. The van der Waals surface area contributed by atoms with E-state index in [-0.39, 0.29) is 24.0 Å². The Morgan fingerprint density at radius 3 is 2.52 bits per heavy atom. The molecule has 8 heteroatoms. The number of rotatable bonds is 8. The Labute approximate surface area is 178 Å². The monoisotopic (exact) mass is 420 g/mol. The van der Waals surface area contributed by atoms with Gasteiger partial charge in [0.2, 0.25) is 0 Å². The first-order chi connectivity index (χ1) is 14.8. The van der Waals surface area contributed by atoms with Crippen molar-refractivity contribution in [1.29, 1.82) is 0 Å². The molecule has 1 heterocycles. The molecule has 0 atom stereocenters. The fraction of sp³-hybridized carbons (Fsp3) is 0.130. The Balaban J connectivity index is 1.66. The van der Waals surface area contributed by atoms with Crippen molar-refractivity contribution in [2.24, 2.45) is 0 Å². The minimum Gasteiger partial charge on any atom is -0.484 e. The number of ketones is 1. The molecule has 1 aromatic heterocycles. The average Bonchev–Trinajstić information content (AvgIpc) is 3.25. The zero-order valence-electron chi connectivity index (χ0n) is 17.0. The van der Waals surface area contributed by atoms with Crippen LogP contribution >= 0.6 is 0 Å². The van der Waals surface area contributed by atoms with Crippen molar-refractivity contribution in [3.8, 4) is 17.1 Å². The second-order valence-electron chi connectivity index (χ2n) is 6.81. The van der Waals surface area contributed by atoms with E-state index in [1.807, 2.05) is 0 Å². The number of allylic oxidation sites excluding steroid dienone is 1. The molecular weight excluding hydrogens is 400 g/mol. The van der Waals surface area contributed by atoms with Crippen LogP contribution in [-0.2, 0) is 4.79 Å². The lowest BCUT2D eigenvalue weighted by atomic mass is 10.1. The molecule has 31 heavy (non-hydrogen) atoms. The molecule has 0 bridgehead atoms. The van der Waals surface area contributed by atoms with Crippen LogP contribution in [0.1, 0.15) is 16.1 Å². The normalized spacial score (nSPS) is 10.8. The van der Waals surface area contributed by atoms with Gasteiger partial charge in [-0.3, -0.25) is 19.7 Å². The second kappa shape index (κ2) is 9.53. The van der Waals surface area contributed by atoms with Gasteiger partial charge in [0.05, 0.1) is 4.92 Å². The molecule has 0 aliphatic heterocycles. The maximum atomic E-state index is 12.5. The number of amides is 1. The summed E-state index contributed by atoms with van der Waals surface area (Å²) < 4.78 is 11.1. The molecule has 0 aliphatic carbocycles. The van der Waals surface area contributed by atoms with Gasteiger partial charge in [-0.25, -0.2) is 0 Å². The third kappa shape index (κ3) is 5.66. The third-order valence-corrected chi connectivity index (χ3v) is 4.37. The fourth-order valence-corrected chi connectivity index (χ4v) is 2.61. The average molecular weight is 420 g/mol. The minimum absolute atomic E-state index is 0.00156. The van der Waals surface area contributed by atoms with Crippen LogP contribution in [0.3, 0.4) is 0 Å². The molecule has 0 unspecified atom stereocenters. The van der Waals surface area contributed by atoms with Gasteiger partial charge in [0.25, 0.3) is 11.6 Å². The molecule has 0 saturated heterocycles. The van der Waals surface area contributed by atoms with E-state index in [0.717, 1.165) is 0 Å². The molecule has 0 fully saturated rings. The molecule has 2 aromatic carbocycles. The van der Waals surface area contributed by atoms with Crippen molar-refractivity contribution < 1.29 is 23.7 Å².